The van der Waals surface area contributed by atoms with Gasteiger partial charge in [-0.25, -0.2) is 9.97 Å². The van der Waals surface area contributed by atoms with Crippen LogP contribution in [0.3, 0.4) is 0 Å². The molecule has 0 N–H and O–H groups in total. The monoisotopic (exact) mass is 339 g/mol. The van der Waals surface area contributed by atoms with Crippen molar-refractivity contribution < 1.29 is 4.52 Å². The molecule has 4 heterocycles. The molecule has 0 spiro atoms. The van der Waals surface area contributed by atoms with Crippen molar-refractivity contribution in [3.05, 3.63) is 35.1 Å². The van der Waals surface area contributed by atoms with E-state index >= 15 is 0 Å². The lowest BCUT2D eigenvalue weighted by atomic mass is 9.96. The van der Waals surface area contributed by atoms with Crippen molar-refractivity contribution in [2.45, 2.75) is 39.2 Å². The van der Waals surface area contributed by atoms with Crippen molar-refractivity contribution >= 4 is 5.82 Å². The van der Waals surface area contributed by atoms with Crippen LogP contribution in [0.15, 0.2) is 16.9 Å². The average molecular weight is 339 g/mol. The van der Waals surface area contributed by atoms with Crippen LogP contribution in [0, 0.1) is 18.8 Å². The van der Waals surface area contributed by atoms with Crippen LogP contribution >= 0.6 is 0 Å². The molecule has 0 amide bonds. The SMILES string of the molecule is Cc1cc(N2CC3CN(Cc4noc5c4CCCC5)CC3C2)ncn1. The van der Waals surface area contributed by atoms with Crippen LogP contribution in [0.2, 0.25) is 0 Å². The summed E-state index contributed by atoms with van der Waals surface area (Å²) in [6.07, 6.45) is 6.42. The Morgan fingerprint density at radius 3 is 2.68 bits per heavy atom. The highest BCUT2D eigenvalue weighted by Gasteiger charge is 2.40. The second-order valence-corrected chi connectivity index (χ2v) is 7.87. The van der Waals surface area contributed by atoms with Gasteiger partial charge in [0.25, 0.3) is 0 Å². The minimum Gasteiger partial charge on any atom is -0.361 e. The van der Waals surface area contributed by atoms with Gasteiger partial charge >= 0.3 is 0 Å². The van der Waals surface area contributed by atoms with Crippen molar-refractivity contribution in [3.63, 3.8) is 0 Å². The first-order valence-corrected chi connectivity index (χ1v) is 9.48. The molecule has 2 unspecified atom stereocenters. The van der Waals surface area contributed by atoms with Crippen LogP contribution < -0.4 is 4.90 Å². The van der Waals surface area contributed by atoms with Gasteiger partial charge in [0.15, 0.2) is 0 Å². The molecule has 132 valence electrons. The van der Waals surface area contributed by atoms with Crippen LogP contribution in [0.5, 0.6) is 0 Å². The zero-order valence-corrected chi connectivity index (χ0v) is 14.8. The molecule has 6 heteroatoms. The molecule has 1 aliphatic carbocycles. The number of hydrogen-bond acceptors (Lipinski definition) is 6. The molecule has 6 nitrogen and oxygen atoms in total. The van der Waals surface area contributed by atoms with E-state index in [4.69, 9.17) is 4.52 Å². The highest BCUT2D eigenvalue weighted by Crippen LogP contribution is 2.34. The van der Waals surface area contributed by atoms with Gasteiger partial charge in [-0.15, -0.1) is 0 Å². The fourth-order valence-corrected chi connectivity index (χ4v) is 4.80. The Labute approximate surface area is 148 Å². The lowest BCUT2D eigenvalue weighted by molar-refractivity contribution is 0.293. The number of nitrogens with zero attached hydrogens (tertiary/aromatic N) is 5. The van der Waals surface area contributed by atoms with E-state index in [1.807, 2.05) is 6.92 Å². The Hall–Kier alpha value is -1.95. The van der Waals surface area contributed by atoms with E-state index < -0.39 is 0 Å². The predicted molar refractivity (Wildman–Crippen MR) is 94.4 cm³/mol. The summed E-state index contributed by atoms with van der Waals surface area (Å²) in [6.45, 7) is 7.52. The van der Waals surface area contributed by atoms with Crippen molar-refractivity contribution in [1.82, 2.24) is 20.0 Å². The molecular weight excluding hydrogens is 314 g/mol. The number of likely N-dealkylation sites (tertiary alicyclic amines) is 1. The molecule has 2 fully saturated rings. The van der Waals surface area contributed by atoms with E-state index in [1.165, 1.54) is 24.1 Å². The van der Waals surface area contributed by atoms with Gasteiger partial charge in [-0.3, -0.25) is 4.90 Å². The van der Waals surface area contributed by atoms with Crippen LogP contribution in [-0.4, -0.2) is 46.2 Å². The van der Waals surface area contributed by atoms with Gasteiger partial charge in [-0.05, 0) is 38.0 Å². The maximum atomic E-state index is 5.58. The summed E-state index contributed by atoms with van der Waals surface area (Å²) in [4.78, 5) is 13.7. The fraction of sp³-hybridized carbons (Fsp3) is 0.632. The van der Waals surface area contributed by atoms with E-state index in [-0.39, 0.29) is 0 Å². The second kappa shape index (κ2) is 6.09. The molecular formula is C19H25N5O. The molecule has 2 atom stereocenters. The zero-order valence-electron chi connectivity index (χ0n) is 14.8. The van der Waals surface area contributed by atoms with Crippen molar-refractivity contribution in [2.75, 3.05) is 31.1 Å². The number of rotatable bonds is 3. The van der Waals surface area contributed by atoms with Crippen molar-refractivity contribution in [2.24, 2.45) is 11.8 Å². The maximum Gasteiger partial charge on any atom is 0.140 e. The van der Waals surface area contributed by atoms with Gasteiger partial charge in [0.1, 0.15) is 23.6 Å². The van der Waals surface area contributed by atoms with Crippen LogP contribution in [0.4, 0.5) is 5.82 Å². The second-order valence-electron chi connectivity index (χ2n) is 7.87. The summed E-state index contributed by atoms with van der Waals surface area (Å²) < 4.78 is 5.58. The third-order valence-electron chi connectivity index (χ3n) is 6.08. The molecule has 2 aromatic heterocycles. The summed E-state index contributed by atoms with van der Waals surface area (Å²) in [5.41, 5.74) is 3.64. The lowest BCUT2D eigenvalue weighted by Gasteiger charge is -2.22. The minimum absolute atomic E-state index is 0.734. The summed E-state index contributed by atoms with van der Waals surface area (Å²) in [5, 5.41) is 4.38. The smallest absolute Gasteiger partial charge is 0.140 e. The van der Waals surface area contributed by atoms with Gasteiger partial charge in [0.05, 0.1) is 0 Å². The van der Waals surface area contributed by atoms with Gasteiger partial charge in [-0.1, -0.05) is 5.16 Å². The topological polar surface area (TPSA) is 58.3 Å². The van der Waals surface area contributed by atoms with Crippen LogP contribution in [-0.2, 0) is 19.4 Å². The van der Waals surface area contributed by atoms with Gasteiger partial charge in [0.2, 0.25) is 0 Å². The highest BCUT2D eigenvalue weighted by molar-refractivity contribution is 5.40. The summed E-state index contributed by atoms with van der Waals surface area (Å²) in [7, 11) is 0. The zero-order chi connectivity index (χ0) is 16.8. The standard InChI is InChI=1S/C19H25N5O/c1-13-6-19(21-12-20-13)24-9-14-7-23(8-15(14)10-24)11-17-16-4-2-3-5-18(16)25-22-17/h6,12,14-15H,2-5,7-11H2,1H3. The summed E-state index contributed by atoms with van der Waals surface area (Å²) >= 11 is 0. The summed E-state index contributed by atoms with van der Waals surface area (Å²) in [5.74, 6) is 3.70. The van der Waals surface area contributed by atoms with Crippen molar-refractivity contribution in [3.8, 4) is 0 Å². The van der Waals surface area contributed by atoms with Crippen molar-refractivity contribution in [1.29, 1.82) is 0 Å². The molecule has 2 saturated heterocycles. The average Bonchev–Trinajstić information content (AvgIpc) is 3.29. The Bertz CT molecular complexity index is 759. The molecule has 0 radical (unpaired) electrons. The first-order valence-electron chi connectivity index (χ1n) is 9.48. The third-order valence-corrected chi connectivity index (χ3v) is 6.08. The lowest BCUT2D eigenvalue weighted by Crippen LogP contribution is -2.29. The van der Waals surface area contributed by atoms with Gasteiger partial charge in [-0.2, -0.15) is 0 Å². The van der Waals surface area contributed by atoms with E-state index in [0.717, 1.165) is 74.7 Å². The quantitative estimate of drug-likeness (QED) is 0.855. The number of fused-ring (bicyclic) bond motifs is 2. The fourth-order valence-electron chi connectivity index (χ4n) is 4.80. The minimum atomic E-state index is 0.734. The van der Waals surface area contributed by atoms with Gasteiger partial charge < -0.3 is 9.42 Å². The predicted octanol–water partition coefficient (Wildman–Crippen LogP) is 2.22. The van der Waals surface area contributed by atoms with E-state index in [1.54, 1.807) is 6.33 Å². The molecule has 5 rings (SSSR count). The third kappa shape index (κ3) is 2.82. The first-order chi connectivity index (χ1) is 12.3. The number of aromatic nitrogens is 3. The first kappa shape index (κ1) is 15.3. The Morgan fingerprint density at radius 2 is 1.88 bits per heavy atom. The molecule has 3 aliphatic rings. The van der Waals surface area contributed by atoms with E-state index in [2.05, 4.69) is 31.0 Å². The molecule has 2 aliphatic heterocycles. The number of aryl methyl sites for hydroxylation is 2. The van der Waals surface area contributed by atoms with E-state index in [9.17, 15) is 0 Å². The molecule has 2 aromatic rings. The summed E-state index contributed by atoms with van der Waals surface area (Å²) in [6, 6.07) is 2.10. The molecule has 0 aromatic carbocycles. The Kier molecular flexibility index (Phi) is 3.73. The largest absolute Gasteiger partial charge is 0.361 e. The number of anilines is 1. The molecule has 0 bridgehead atoms. The Balaban J connectivity index is 1.23. The maximum absolute atomic E-state index is 5.58. The molecule has 0 saturated carbocycles. The van der Waals surface area contributed by atoms with Crippen LogP contribution in [0.25, 0.3) is 0 Å². The van der Waals surface area contributed by atoms with E-state index in [0.29, 0.717) is 0 Å². The highest BCUT2D eigenvalue weighted by atomic mass is 16.5. The van der Waals surface area contributed by atoms with Crippen LogP contribution in [0.1, 0.15) is 35.6 Å². The van der Waals surface area contributed by atoms with Gasteiger partial charge in [0, 0.05) is 56.5 Å². The Morgan fingerprint density at radius 1 is 1.08 bits per heavy atom. The normalized spacial score (nSPS) is 26.0. The number of hydrogen-bond donors (Lipinski definition) is 0. The molecule has 25 heavy (non-hydrogen) atoms.